The van der Waals surface area contributed by atoms with Crippen LogP contribution in [0.1, 0.15) is 85.5 Å². The smallest absolute Gasteiger partial charge is 0.000906 e. The molecule has 0 aromatic carbocycles. The van der Waals surface area contributed by atoms with E-state index in [0.29, 0.717) is 0 Å². The van der Waals surface area contributed by atoms with E-state index in [2.05, 4.69) is 39.6 Å². The minimum atomic E-state index is 0.866. The van der Waals surface area contributed by atoms with Gasteiger partial charge in [-0.05, 0) is 94.0 Å². The maximum Gasteiger partial charge on any atom is 0.000906 e. The van der Waals surface area contributed by atoms with Gasteiger partial charge in [0.25, 0.3) is 0 Å². The SMILES string of the molecule is CC(C)C1CCC2(CCC2)CC1.CC(C)C1CCCN(C)C1. The van der Waals surface area contributed by atoms with E-state index in [4.69, 9.17) is 0 Å². The average molecular weight is 308 g/mol. The zero-order chi connectivity index (χ0) is 16.2. The minimum Gasteiger partial charge on any atom is -0.306 e. The van der Waals surface area contributed by atoms with Gasteiger partial charge in [-0.2, -0.15) is 0 Å². The van der Waals surface area contributed by atoms with Crippen molar-refractivity contribution in [1.29, 1.82) is 0 Å². The molecule has 0 radical (unpaired) electrons. The number of rotatable bonds is 2. The summed E-state index contributed by atoms with van der Waals surface area (Å²) in [7, 11) is 2.23. The molecule has 1 saturated heterocycles. The highest BCUT2D eigenvalue weighted by Crippen LogP contribution is 2.53. The van der Waals surface area contributed by atoms with Gasteiger partial charge in [-0.15, -0.1) is 0 Å². The van der Waals surface area contributed by atoms with E-state index in [-0.39, 0.29) is 0 Å². The van der Waals surface area contributed by atoms with Gasteiger partial charge in [0, 0.05) is 6.54 Å². The zero-order valence-corrected chi connectivity index (χ0v) is 16.0. The summed E-state index contributed by atoms with van der Waals surface area (Å²) in [5.41, 5.74) is 0.866. The maximum absolute atomic E-state index is 2.45. The maximum atomic E-state index is 2.45. The van der Waals surface area contributed by atoms with Crippen LogP contribution in [0.25, 0.3) is 0 Å². The normalized spacial score (nSPS) is 29.3. The molecule has 1 unspecified atom stereocenters. The molecule has 3 aliphatic rings. The fourth-order valence-electron chi connectivity index (χ4n) is 4.85. The van der Waals surface area contributed by atoms with Crippen LogP contribution in [-0.2, 0) is 0 Å². The molecule has 22 heavy (non-hydrogen) atoms. The summed E-state index contributed by atoms with van der Waals surface area (Å²) in [4.78, 5) is 2.45. The first kappa shape index (κ1) is 18.3. The molecule has 0 N–H and O–H groups in total. The van der Waals surface area contributed by atoms with Crippen molar-refractivity contribution in [2.24, 2.45) is 29.1 Å². The molecule has 0 aromatic heterocycles. The monoisotopic (exact) mass is 307 g/mol. The second-order valence-corrected chi connectivity index (χ2v) is 9.34. The van der Waals surface area contributed by atoms with Gasteiger partial charge in [-0.1, -0.05) is 34.1 Å². The predicted molar refractivity (Wildman–Crippen MR) is 98.1 cm³/mol. The predicted octanol–water partition coefficient (Wildman–Crippen LogP) is 5.99. The Morgan fingerprint density at radius 2 is 1.36 bits per heavy atom. The van der Waals surface area contributed by atoms with Gasteiger partial charge in [0.1, 0.15) is 0 Å². The van der Waals surface area contributed by atoms with E-state index in [1.807, 2.05) is 0 Å². The Hall–Kier alpha value is -0.0400. The van der Waals surface area contributed by atoms with Gasteiger partial charge in [0.15, 0.2) is 0 Å². The summed E-state index contributed by atoms with van der Waals surface area (Å²) in [6, 6.07) is 0. The van der Waals surface area contributed by atoms with Crippen LogP contribution in [0.15, 0.2) is 0 Å². The molecule has 2 saturated carbocycles. The van der Waals surface area contributed by atoms with Crippen molar-refractivity contribution in [3.05, 3.63) is 0 Å². The molecule has 1 aliphatic heterocycles. The number of piperidine rings is 1. The van der Waals surface area contributed by atoms with E-state index >= 15 is 0 Å². The molecule has 1 spiro atoms. The van der Waals surface area contributed by atoms with Crippen LogP contribution in [0.5, 0.6) is 0 Å². The molecule has 0 aromatic rings. The Labute approximate surface area is 140 Å². The van der Waals surface area contributed by atoms with Crippen LogP contribution in [0, 0.1) is 29.1 Å². The second-order valence-electron chi connectivity index (χ2n) is 9.34. The first-order valence-corrected chi connectivity index (χ1v) is 10.1. The topological polar surface area (TPSA) is 3.24 Å². The van der Waals surface area contributed by atoms with Crippen molar-refractivity contribution in [2.45, 2.75) is 85.5 Å². The second kappa shape index (κ2) is 8.18. The molecule has 3 rings (SSSR count). The summed E-state index contributed by atoms with van der Waals surface area (Å²) in [6.07, 6.45) is 13.6. The summed E-state index contributed by atoms with van der Waals surface area (Å²) >= 11 is 0. The highest BCUT2D eigenvalue weighted by atomic mass is 15.1. The lowest BCUT2D eigenvalue weighted by Gasteiger charge is -2.47. The Bertz CT molecular complexity index is 306. The number of hydrogen-bond acceptors (Lipinski definition) is 1. The highest BCUT2D eigenvalue weighted by Gasteiger charge is 2.40. The molecule has 130 valence electrons. The minimum absolute atomic E-state index is 0.866. The third-order valence-electron chi connectivity index (χ3n) is 7.05. The van der Waals surface area contributed by atoms with Crippen molar-refractivity contribution >= 4 is 0 Å². The average Bonchev–Trinajstić information content (AvgIpc) is 2.46. The lowest BCUT2D eigenvalue weighted by Crippen LogP contribution is -2.34. The van der Waals surface area contributed by atoms with Crippen LogP contribution in [-0.4, -0.2) is 25.0 Å². The van der Waals surface area contributed by atoms with Gasteiger partial charge in [0.2, 0.25) is 0 Å². The lowest BCUT2D eigenvalue weighted by molar-refractivity contribution is 0.0449. The van der Waals surface area contributed by atoms with Crippen LogP contribution >= 0.6 is 0 Å². The van der Waals surface area contributed by atoms with Crippen molar-refractivity contribution in [3.63, 3.8) is 0 Å². The third-order valence-corrected chi connectivity index (χ3v) is 7.05. The summed E-state index contributed by atoms with van der Waals surface area (Å²) in [5.74, 6) is 3.82. The number of hydrogen-bond donors (Lipinski definition) is 0. The van der Waals surface area contributed by atoms with E-state index in [0.717, 1.165) is 29.1 Å². The fourth-order valence-corrected chi connectivity index (χ4v) is 4.85. The van der Waals surface area contributed by atoms with Crippen molar-refractivity contribution < 1.29 is 0 Å². The van der Waals surface area contributed by atoms with E-state index in [9.17, 15) is 0 Å². The van der Waals surface area contributed by atoms with Crippen molar-refractivity contribution in [1.82, 2.24) is 4.90 Å². The fraction of sp³-hybridized carbons (Fsp3) is 1.00. The zero-order valence-electron chi connectivity index (χ0n) is 16.0. The van der Waals surface area contributed by atoms with Crippen molar-refractivity contribution in [2.75, 3.05) is 20.1 Å². The van der Waals surface area contributed by atoms with Gasteiger partial charge in [0.05, 0.1) is 0 Å². The van der Waals surface area contributed by atoms with Crippen LogP contribution < -0.4 is 0 Å². The standard InChI is InChI=1S/C12H22.C9H19N/c1-10(2)11-4-8-12(9-5-11)6-3-7-12;1-8(2)9-5-4-6-10(3)7-9/h10-11H,3-9H2,1-2H3;8-9H,4-7H2,1-3H3. The molecule has 2 aliphatic carbocycles. The molecule has 1 atom stereocenters. The lowest BCUT2D eigenvalue weighted by atomic mass is 9.58. The molecule has 1 nitrogen and oxygen atoms in total. The molecule has 3 fully saturated rings. The molecule has 0 amide bonds. The number of nitrogens with zero attached hydrogens (tertiary/aromatic N) is 1. The van der Waals surface area contributed by atoms with Crippen molar-refractivity contribution in [3.8, 4) is 0 Å². The summed E-state index contributed by atoms with van der Waals surface area (Å²) in [5, 5.41) is 0. The van der Waals surface area contributed by atoms with Gasteiger partial charge in [-0.25, -0.2) is 0 Å². The summed E-state index contributed by atoms with van der Waals surface area (Å²) in [6.45, 7) is 12.1. The van der Waals surface area contributed by atoms with Crippen LogP contribution in [0.3, 0.4) is 0 Å². The van der Waals surface area contributed by atoms with Crippen LogP contribution in [0.2, 0.25) is 0 Å². The van der Waals surface area contributed by atoms with Crippen LogP contribution in [0.4, 0.5) is 0 Å². The molecule has 0 bridgehead atoms. The van der Waals surface area contributed by atoms with E-state index in [1.54, 1.807) is 25.7 Å². The first-order valence-electron chi connectivity index (χ1n) is 10.1. The molecule has 1 heterocycles. The van der Waals surface area contributed by atoms with Gasteiger partial charge >= 0.3 is 0 Å². The third kappa shape index (κ3) is 4.98. The van der Waals surface area contributed by atoms with E-state index in [1.165, 1.54) is 45.2 Å². The Morgan fingerprint density at radius 3 is 1.73 bits per heavy atom. The van der Waals surface area contributed by atoms with Gasteiger partial charge < -0.3 is 4.90 Å². The molecular weight excluding hydrogens is 266 g/mol. The molecule has 1 heteroatoms. The molecular formula is C21H41N. The van der Waals surface area contributed by atoms with Gasteiger partial charge in [-0.3, -0.25) is 0 Å². The van der Waals surface area contributed by atoms with E-state index < -0.39 is 0 Å². The Balaban J connectivity index is 0.000000164. The largest absolute Gasteiger partial charge is 0.306 e. The quantitative estimate of drug-likeness (QED) is 0.606. The first-order chi connectivity index (χ1) is 10.4. The summed E-state index contributed by atoms with van der Waals surface area (Å²) < 4.78 is 0. The Morgan fingerprint density at radius 1 is 0.773 bits per heavy atom. The Kier molecular flexibility index (Phi) is 6.80. The number of likely N-dealkylation sites (tertiary alicyclic amines) is 1. The highest BCUT2D eigenvalue weighted by molar-refractivity contribution is 4.92.